The molecule has 0 aliphatic carbocycles. The molecule has 3 aromatic rings. The number of aromatic nitrogens is 1. The predicted octanol–water partition coefficient (Wildman–Crippen LogP) is 3.74. The number of hydrogen-bond donors (Lipinski definition) is 3. The van der Waals surface area contributed by atoms with Crippen molar-refractivity contribution in [3.8, 4) is 0 Å². The van der Waals surface area contributed by atoms with E-state index in [0.29, 0.717) is 17.1 Å². The van der Waals surface area contributed by atoms with E-state index in [1.54, 1.807) is 0 Å². The minimum atomic E-state index is -4.49. The Hall–Kier alpha value is -3.47. The summed E-state index contributed by atoms with van der Waals surface area (Å²) in [4.78, 5) is 24.6. The number of carbonyl (C=O) groups is 2. The highest BCUT2D eigenvalue weighted by Gasteiger charge is 2.30. The topological polar surface area (TPSA) is 97.1 Å². The summed E-state index contributed by atoms with van der Waals surface area (Å²) in [6.45, 7) is -0.0562. The van der Waals surface area contributed by atoms with Gasteiger partial charge in [0.2, 0.25) is 0 Å². The summed E-state index contributed by atoms with van der Waals surface area (Å²) < 4.78 is 55.2. The highest BCUT2D eigenvalue weighted by atomic mass is 32.1. The molecule has 0 spiro atoms. The molecule has 1 aromatic heterocycles. The first-order valence-electron chi connectivity index (χ1n) is 8.87. The van der Waals surface area contributed by atoms with Crippen molar-refractivity contribution in [3.63, 3.8) is 0 Å². The first-order valence-corrected chi connectivity index (χ1v) is 9.64. The van der Waals surface area contributed by atoms with Crippen LogP contribution in [-0.4, -0.2) is 16.2 Å². The fraction of sp³-hybridized carbons (Fsp3) is 0.150. The van der Waals surface area contributed by atoms with Crippen LogP contribution in [-0.2, 0) is 19.3 Å². The molecule has 0 saturated heterocycles. The minimum absolute atomic E-state index is 0.0288. The van der Waals surface area contributed by atoms with E-state index in [1.165, 1.54) is 36.4 Å². The van der Waals surface area contributed by atoms with Gasteiger partial charge in [-0.25, -0.2) is 4.39 Å². The predicted molar refractivity (Wildman–Crippen MR) is 107 cm³/mol. The molecule has 2 aromatic carbocycles. The Morgan fingerprint density at radius 1 is 0.968 bits per heavy atom. The van der Waals surface area contributed by atoms with Crippen LogP contribution in [0.5, 0.6) is 0 Å². The Morgan fingerprint density at radius 2 is 1.61 bits per heavy atom. The maximum atomic E-state index is 12.9. The first-order chi connectivity index (χ1) is 14.6. The fourth-order valence-electron chi connectivity index (χ4n) is 2.61. The summed E-state index contributed by atoms with van der Waals surface area (Å²) in [5.74, 6) is -1.68. The van der Waals surface area contributed by atoms with Crippen molar-refractivity contribution in [2.75, 3.05) is 5.73 Å². The number of nitrogens with zero attached hydrogens (tertiary/aromatic N) is 1. The lowest BCUT2D eigenvalue weighted by atomic mass is 10.1. The molecule has 0 unspecified atom stereocenters. The van der Waals surface area contributed by atoms with Crippen LogP contribution < -0.4 is 16.4 Å². The van der Waals surface area contributed by atoms with Crippen molar-refractivity contribution < 1.29 is 27.2 Å². The van der Waals surface area contributed by atoms with Gasteiger partial charge in [0, 0.05) is 13.1 Å². The van der Waals surface area contributed by atoms with E-state index >= 15 is 0 Å². The van der Waals surface area contributed by atoms with Crippen molar-refractivity contribution in [2.45, 2.75) is 19.3 Å². The van der Waals surface area contributed by atoms with E-state index < -0.39 is 29.4 Å². The van der Waals surface area contributed by atoms with Crippen LogP contribution in [0.4, 0.5) is 23.2 Å². The standard InChI is InChI=1S/C20H16F4N4O2S/c21-14-6-4-11(5-7-14)9-26-18(29)16-15(25)17(31-28-16)19(30)27-10-12-2-1-3-13(8-12)20(22,23)24/h1-8H,9-10,25H2,(H,26,29)(H,27,30). The number of nitrogens with two attached hydrogens (primary N) is 1. The zero-order valence-corrected chi connectivity index (χ0v) is 16.6. The van der Waals surface area contributed by atoms with Gasteiger partial charge in [-0.15, -0.1) is 0 Å². The summed E-state index contributed by atoms with van der Waals surface area (Å²) in [5, 5.41) is 5.04. The molecule has 0 bridgehead atoms. The van der Waals surface area contributed by atoms with E-state index in [2.05, 4.69) is 15.0 Å². The van der Waals surface area contributed by atoms with Gasteiger partial charge in [0.25, 0.3) is 11.8 Å². The molecule has 0 aliphatic rings. The minimum Gasteiger partial charge on any atom is -0.395 e. The SMILES string of the molecule is Nc1c(C(=O)NCc2ccc(F)cc2)nsc1C(=O)NCc1cccc(C(F)(F)F)c1. The maximum absolute atomic E-state index is 12.9. The average molecular weight is 452 g/mol. The lowest BCUT2D eigenvalue weighted by Crippen LogP contribution is -2.25. The third-order valence-electron chi connectivity index (χ3n) is 4.22. The zero-order chi connectivity index (χ0) is 22.6. The molecule has 162 valence electrons. The van der Waals surface area contributed by atoms with Crippen LogP contribution in [0.3, 0.4) is 0 Å². The highest BCUT2D eigenvalue weighted by molar-refractivity contribution is 7.09. The van der Waals surface area contributed by atoms with Gasteiger partial charge in [-0.05, 0) is 46.9 Å². The maximum Gasteiger partial charge on any atom is 0.416 e. The van der Waals surface area contributed by atoms with Crippen molar-refractivity contribution >= 4 is 29.0 Å². The van der Waals surface area contributed by atoms with Crippen LogP contribution in [0.1, 0.15) is 36.9 Å². The van der Waals surface area contributed by atoms with Gasteiger partial charge in [0.15, 0.2) is 5.69 Å². The molecule has 3 rings (SSSR count). The van der Waals surface area contributed by atoms with Crippen LogP contribution >= 0.6 is 11.5 Å². The molecular weight excluding hydrogens is 436 g/mol. The molecule has 4 N–H and O–H groups in total. The third kappa shape index (κ3) is 5.57. The summed E-state index contributed by atoms with van der Waals surface area (Å²) in [6, 6.07) is 10.1. The van der Waals surface area contributed by atoms with Gasteiger partial charge in [-0.2, -0.15) is 17.5 Å². The zero-order valence-electron chi connectivity index (χ0n) is 15.8. The molecule has 0 atom stereocenters. The van der Waals surface area contributed by atoms with Crippen LogP contribution in [0.25, 0.3) is 0 Å². The number of anilines is 1. The molecule has 0 aliphatic heterocycles. The van der Waals surface area contributed by atoms with Gasteiger partial charge in [-0.3, -0.25) is 9.59 Å². The first kappa shape index (κ1) is 22.2. The average Bonchev–Trinajstić information content (AvgIpc) is 3.12. The molecule has 6 nitrogen and oxygen atoms in total. The number of carbonyl (C=O) groups excluding carboxylic acids is 2. The molecular formula is C20H16F4N4O2S. The molecule has 0 fully saturated rings. The second kappa shape index (κ2) is 9.13. The summed E-state index contributed by atoms with van der Waals surface area (Å²) in [7, 11) is 0. The van der Waals surface area contributed by atoms with E-state index in [9.17, 15) is 27.2 Å². The molecule has 11 heteroatoms. The van der Waals surface area contributed by atoms with Crippen LogP contribution in [0.2, 0.25) is 0 Å². The third-order valence-corrected chi connectivity index (χ3v) is 5.08. The highest BCUT2D eigenvalue weighted by Crippen LogP contribution is 2.29. The normalized spacial score (nSPS) is 11.2. The van der Waals surface area contributed by atoms with Gasteiger partial charge < -0.3 is 16.4 Å². The van der Waals surface area contributed by atoms with E-state index in [4.69, 9.17) is 5.73 Å². The monoisotopic (exact) mass is 452 g/mol. The van der Waals surface area contributed by atoms with Crippen LogP contribution in [0, 0.1) is 5.82 Å². The smallest absolute Gasteiger partial charge is 0.395 e. The second-order valence-corrected chi connectivity index (χ2v) is 7.24. The molecule has 0 radical (unpaired) electrons. The van der Waals surface area contributed by atoms with E-state index in [1.807, 2.05) is 0 Å². The summed E-state index contributed by atoms with van der Waals surface area (Å²) >= 11 is 0.701. The Labute approximate surface area is 178 Å². The van der Waals surface area contributed by atoms with Gasteiger partial charge in [0.1, 0.15) is 10.7 Å². The molecule has 2 amide bonds. The van der Waals surface area contributed by atoms with Crippen LogP contribution in [0.15, 0.2) is 48.5 Å². The Balaban J connectivity index is 1.61. The Bertz CT molecular complexity index is 1100. The van der Waals surface area contributed by atoms with Crippen molar-refractivity contribution in [3.05, 3.63) is 81.6 Å². The fourth-order valence-corrected chi connectivity index (χ4v) is 3.33. The molecule has 0 saturated carbocycles. The number of rotatable bonds is 6. The Morgan fingerprint density at radius 3 is 2.29 bits per heavy atom. The number of halogens is 4. The van der Waals surface area contributed by atoms with E-state index in [0.717, 1.165) is 12.1 Å². The lowest BCUT2D eigenvalue weighted by Gasteiger charge is -2.09. The summed E-state index contributed by atoms with van der Waals surface area (Å²) in [6.07, 6.45) is -4.49. The Kier molecular flexibility index (Phi) is 6.54. The quantitative estimate of drug-likeness (QED) is 0.497. The number of amides is 2. The van der Waals surface area contributed by atoms with Gasteiger partial charge in [0.05, 0.1) is 11.3 Å². The van der Waals surface area contributed by atoms with Gasteiger partial charge >= 0.3 is 6.18 Å². The number of nitrogen functional groups attached to an aromatic ring is 1. The number of benzene rings is 2. The van der Waals surface area contributed by atoms with Crippen molar-refractivity contribution in [1.82, 2.24) is 15.0 Å². The van der Waals surface area contributed by atoms with Crippen molar-refractivity contribution in [1.29, 1.82) is 0 Å². The molecule has 1 heterocycles. The van der Waals surface area contributed by atoms with E-state index in [-0.39, 0.29) is 34.9 Å². The second-order valence-electron chi connectivity index (χ2n) is 6.46. The lowest BCUT2D eigenvalue weighted by molar-refractivity contribution is -0.137. The van der Waals surface area contributed by atoms with Gasteiger partial charge in [-0.1, -0.05) is 24.3 Å². The summed E-state index contributed by atoms with van der Waals surface area (Å²) in [5.41, 5.74) is 5.68. The van der Waals surface area contributed by atoms with Crippen molar-refractivity contribution in [2.24, 2.45) is 0 Å². The molecule has 31 heavy (non-hydrogen) atoms. The number of nitrogens with one attached hydrogen (secondary N) is 2. The largest absolute Gasteiger partial charge is 0.416 e. The number of alkyl halides is 3. The number of hydrogen-bond acceptors (Lipinski definition) is 5.